The summed E-state index contributed by atoms with van der Waals surface area (Å²) >= 11 is 6.26. The van der Waals surface area contributed by atoms with E-state index in [0.29, 0.717) is 12.6 Å². The third kappa shape index (κ3) is 2.11. The first-order valence-electron chi connectivity index (χ1n) is 5.47. The lowest BCUT2D eigenvalue weighted by Gasteiger charge is -2.25. The van der Waals surface area contributed by atoms with Crippen LogP contribution in [0.3, 0.4) is 0 Å². The molecule has 1 aliphatic rings. The Morgan fingerprint density at radius 2 is 2.33 bits per heavy atom. The van der Waals surface area contributed by atoms with Crippen LogP contribution in [0.4, 0.5) is 5.69 Å². The Morgan fingerprint density at radius 3 is 2.87 bits per heavy atom. The van der Waals surface area contributed by atoms with E-state index in [1.165, 1.54) is 12.8 Å². The second-order valence-corrected chi connectivity index (χ2v) is 4.58. The Labute approximate surface area is 96.0 Å². The Hall–Kier alpha value is -0.730. The van der Waals surface area contributed by atoms with Crippen LogP contribution >= 0.6 is 11.6 Å². The van der Waals surface area contributed by atoms with Gasteiger partial charge in [-0.2, -0.15) is 0 Å². The van der Waals surface area contributed by atoms with Crippen LogP contribution in [-0.4, -0.2) is 12.6 Å². The fourth-order valence-electron chi connectivity index (χ4n) is 2.20. The van der Waals surface area contributed by atoms with Gasteiger partial charge in [0, 0.05) is 19.1 Å². The molecular weight excluding hydrogens is 208 g/mol. The standard InChI is InChI=1S/C12H17ClN2/c1-9-3-2-6-15(9)12-5-4-10(8-14)7-11(12)13/h4-5,7,9H,2-3,6,8,14H2,1H3. The molecule has 0 radical (unpaired) electrons. The summed E-state index contributed by atoms with van der Waals surface area (Å²) in [6.07, 6.45) is 2.52. The highest BCUT2D eigenvalue weighted by Gasteiger charge is 2.22. The molecule has 1 aromatic carbocycles. The minimum Gasteiger partial charge on any atom is -0.368 e. The average Bonchev–Trinajstić information content (AvgIpc) is 2.64. The van der Waals surface area contributed by atoms with E-state index in [1.807, 2.05) is 6.07 Å². The van der Waals surface area contributed by atoms with Gasteiger partial charge in [0.2, 0.25) is 0 Å². The number of hydrogen-bond donors (Lipinski definition) is 1. The van der Waals surface area contributed by atoms with Gasteiger partial charge in [0.25, 0.3) is 0 Å². The maximum absolute atomic E-state index is 6.26. The van der Waals surface area contributed by atoms with Crippen molar-refractivity contribution in [2.45, 2.75) is 32.4 Å². The molecule has 1 aromatic rings. The molecule has 0 amide bonds. The van der Waals surface area contributed by atoms with Crippen LogP contribution in [0, 0.1) is 0 Å². The van der Waals surface area contributed by atoms with E-state index in [-0.39, 0.29) is 0 Å². The van der Waals surface area contributed by atoms with Crippen LogP contribution < -0.4 is 10.6 Å². The van der Waals surface area contributed by atoms with Crippen LogP contribution in [0.2, 0.25) is 5.02 Å². The zero-order valence-corrected chi connectivity index (χ0v) is 9.80. The number of benzene rings is 1. The average molecular weight is 225 g/mol. The maximum atomic E-state index is 6.26. The highest BCUT2D eigenvalue weighted by Crippen LogP contribution is 2.32. The minimum absolute atomic E-state index is 0.551. The molecule has 1 saturated heterocycles. The number of hydrogen-bond acceptors (Lipinski definition) is 2. The molecule has 1 unspecified atom stereocenters. The summed E-state index contributed by atoms with van der Waals surface area (Å²) in [5, 5.41) is 0.826. The van der Waals surface area contributed by atoms with E-state index in [9.17, 15) is 0 Å². The monoisotopic (exact) mass is 224 g/mol. The molecule has 0 aliphatic carbocycles. The van der Waals surface area contributed by atoms with Gasteiger partial charge >= 0.3 is 0 Å². The number of halogens is 1. The Bertz CT molecular complexity index is 351. The quantitative estimate of drug-likeness (QED) is 0.837. The summed E-state index contributed by atoms with van der Waals surface area (Å²) in [6, 6.07) is 6.73. The fourth-order valence-corrected chi connectivity index (χ4v) is 2.51. The fraction of sp³-hybridized carbons (Fsp3) is 0.500. The lowest BCUT2D eigenvalue weighted by molar-refractivity contribution is 0.735. The molecule has 1 fully saturated rings. The van der Waals surface area contributed by atoms with Gasteiger partial charge in [0.1, 0.15) is 0 Å². The van der Waals surface area contributed by atoms with Crippen LogP contribution in [0.1, 0.15) is 25.3 Å². The van der Waals surface area contributed by atoms with Gasteiger partial charge in [0.15, 0.2) is 0 Å². The second kappa shape index (κ2) is 4.42. The first kappa shape index (κ1) is 10.8. The molecule has 2 rings (SSSR count). The molecule has 82 valence electrons. The summed E-state index contributed by atoms with van der Waals surface area (Å²) in [7, 11) is 0. The van der Waals surface area contributed by atoms with Crippen molar-refractivity contribution in [3.05, 3.63) is 28.8 Å². The molecule has 0 saturated carbocycles. The third-order valence-electron chi connectivity index (χ3n) is 3.11. The van der Waals surface area contributed by atoms with Crippen LogP contribution in [0.5, 0.6) is 0 Å². The van der Waals surface area contributed by atoms with E-state index in [4.69, 9.17) is 17.3 Å². The van der Waals surface area contributed by atoms with Crippen molar-refractivity contribution < 1.29 is 0 Å². The number of nitrogens with zero attached hydrogens (tertiary/aromatic N) is 1. The van der Waals surface area contributed by atoms with Crippen LogP contribution in [-0.2, 0) is 6.54 Å². The summed E-state index contributed by atoms with van der Waals surface area (Å²) in [5.74, 6) is 0. The molecule has 3 heteroatoms. The lowest BCUT2D eigenvalue weighted by Crippen LogP contribution is -2.26. The summed E-state index contributed by atoms with van der Waals surface area (Å²) in [5.41, 5.74) is 7.82. The normalized spacial score (nSPS) is 21.0. The maximum Gasteiger partial charge on any atom is 0.0642 e. The Kier molecular flexibility index (Phi) is 3.17. The molecule has 1 atom stereocenters. The van der Waals surface area contributed by atoms with Crippen LogP contribution in [0.25, 0.3) is 0 Å². The number of rotatable bonds is 2. The van der Waals surface area contributed by atoms with Crippen molar-refractivity contribution in [2.24, 2.45) is 5.73 Å². The van der Waals surface area contributed by atoms with Gasteiger partial charge in [-0.05, 0) is 37.5 Å². The topological polar surface area (TPSA) is 29.3 Å². The third-order valence-corrected chi connectivity index (χ3v) is 3.41. The molecule has 0 bridgehead atoms. The largest absolute Gasteiger partial charge is 0.368 e. The molecule has 1 aliphatic heterocycles. The van der Waals surface area contributed by atoms with Crippen molar-refractivity contribution in [3.8, 4) is 0 Å². The molecule has 15 heavy (non-hydrogen) atoms. The van der Waals surface area contributed by atoms with Crippen molar-refractivity contribution >= 4 is 17.3 Å². The highest BCUT2D eigenvalue weighted by atomic mass is 35.5. The van der Waals surface area contributed by atoms with Gasteiger partial charge in [-0.25, -0.2) is 0 Å². The summed E-state index contributed by atoms with van der Waals surface area (Å²) in [6.45, 7) is 3.92. The van der Waals surface area contributed by atoms with Crippen LogP contribution in [0.15, 0.2) is 18.2 Å². The summed E-state index contributed by atoms with van der Waals surface area (Å²) < 4.78 is 0. The van der Waals surface area contributed by atoms with Gasteiger partial charge in [-0.1, -0.05) is 17.7 Å². The van der Waals surface area contributed by atoms with Crippen molar-refractivity contribution in [3.63, 3.8) is 0 Å². The first-order valence-corrected chi connectivity index (χ1v) is 5.85. The number of nitrogens with two attached hydrogens (primary N) is 1. The lowest BCUT2D eigenvalue weighted by atomic mass is 10.2. The van der Waals surface area contributed by atoms with Crippen molar-refractivity contribution in [1.29, 1.82) is 0 Å². The molecule has 2 nitrogen and oxygen atoms in total. The Balaban J connectivity index is 2.28. The van der Waals surface area contributed by atoms with Crippen molar-refractivity contribution in [2.75, 3.05) is 11.4 Å². The minimum atomic E-state index is 0.551. The van der Waals surface area contributed by atoms with E-state index in [2.05, 4.69) is 24.0 Å². The molecule has 1 heterocycles. The smallest absolute Gasteiger partial charge is 0.0642 e. The summed E-state index contributed by atoms with van der Waals surface area (Å²) in [4.78, 5) is 2.38. The zero-order chi connectivity index (χ0) is 10.8. The van der Waals surface area contributed by atoms with Gasteiger partial charge in [0.05, 0.1) is 10.7 Å². The van der Waals surface area contributed by atoms with Gasteiger partial charge in [-0.15, -0.1) is 0 Å². The molecule has 2 N–H and O–H groups in total. The highest BCUT2D eigenvalue weighted by molar-refractivity contribution is 6.33. The van der Waals surface area contributed by atoms with E-state index < -0.39 is 0 Å². The van der Waals surface area contributed by atoms with Gasteiger partial charge in [-0.3, -0.25) is 0 Å². The Morgan fingerprint density at radius 1 is 1.53 bits per heavy atom. The molecular formula is C12H17ClN2. The SMILES string of the molecule is CC1CCCN1c1ccc(CN)cc1Cl. The van der Waals surface area contributed by atoms with Gasteiger partial charge < -0.3 is 10.6 Å². The second-order valence-electron chi connectivity index (χ2n) is 4.17. The zero-order valence-electron chi connectivity index (χ0n) is 9.04. The van der Waals surface area contributed by atoms with E-state index >= 15 is 0 Å². The molecule has 0 spiro atoms. The van der Waals surface area contributed by atoms with E-state index in [1.54, 1.807) is 0 Å². The number of anilines is 1. The van der Waals surface area contributed by atoms with E-state index in [0.717, 1.165) is 22.8 Å². The van der Waals surface area contributed by atoms with Crippen molar-refractivity contribution in [1.82, 2.24) is 0 Å². The molecule has 0 aromatic heterocycles. The predicted octanol–water partition coefficient (Wildman–Crippen LogP) is 2.79. The first-order chi connectivity index (χ1) is 7.22. The predicted molar refractivity (Wildman–Crippen MR) is 65.4 cm³/mol.